The van der Waals surface area contributed by atoms with E-state index in [9.17, 15) is 13.6 Å². The normalized spacial score (nSPS) is 14.3. The Hall–Kier alpha value is -2.24. The van der Waals surface area contributed by atoms with Crippen LogP contribution < -0.4 is 4.90 Å². The molecule has 0 radical (unpaired) electrons. The number of anilines is 1. The SMILES string of the molecule is CC(C)c1cc(C(=O)N2CCCc3c(F)ccc(F)c32)n(C)n1. The first-order valence-corrected chi connectivity index (χ1v) is 7.72. The van der Waals surface area contributed by atoms with Gasteiger partial charge in [0.25, 0.3) is 5.91 Å². The van der Waals surface area contributed by atoms with Crippen molar-refractivity contribution in [3.8, 4) is 0 Å². The zero-order chi connectivity index (χ0) is 16.7. The maximum absolute atomic E-state index is 14.2. The molecule has 122 valence electrons. The Morgan fingerprint density at radius 3 is 2.61 bits per heavy atom. The summed E-state index contributed by atoms with van der Waals surface area (Å²) >= 11 is 0. The molecule has 1 amide bonds. The zero-order valence-electron chi connectivity index (χ0n) is 13.4. The number of carbonyl (C=O) groups is 1. The molecule has 23 heavy (non-hydrogen) atoms. The molecule has 1 aromatic carbocycles. The van der Waals surface area contributed by atoms with Gasteiger partial charge in [0.2, 0.25) is 0 Å². The number of fused-ring (bicyclic) bond motifs is 1. The van der Waals surface area contributed by atoms with Crippen molar-refractivity contribution in [2.75, 3.05) is 11.4 Å². The van der Waals surface area contributed by atoms with Crippen LogP contribution in [0.25, 0.3) is 0 Å². The lowest BCUT2D eigenvalue weighted by molar-refractivity contribution is 0.0975. The standard InChI is InChI=1S/C17H19F2N3O/c1-10(2)14-9-15(21(3)20-14)17(23)22-8-4-5-11-12(18)6-7-13(19)16(11)22/h6-7,9-10H,4-5,8H2,1-3H3. The predicted octanol–water partition coefficient (Wildman–Crippen LogP) is 3.41. The van der Waals surface area contributed by atoms with E-state index in [2.05, 4.69) is 5.10 Å². The highest BCUT2D eigenvalue weighted by Crippen LogP contribution is 2.33. The van der Waals surface area contributed by atoms with Gasteiger partial charge in [-0.25, -0.2) is 8.78 Å². The van der Waals surface area contributed by atoms with Gasteiger partial charge in [-0.2, -0.15) is 5.10 Å². The summed E-state index contributed by atoms with van der Waals surface area (Å²) in [6, 6.07) is 3.91. The largest absolute Gasteiger partial charge is 0.304 e. The third-order valence-corrected chi connectivity index (χ3v) is 4.21. The number of aryl methyl sites for hydroxylation is 1. The van der Waals surface area contributed by atoms with Crippen LogP contribution >= 0.6 is 0 Å². The number of nitrogens with zero attached hydrogens (tertiary/aromatic N) is 3. The van der Waals surface area contributed by atoms with Crippen molar-refractivity contribution in [2.45, 2.75) is 32.6 Å². The number of aromatic nitrogens is 2. The number of halogens is 2. The summed E-state index contributed by atoms with van der Waals surface area (Å²) < 4.78 is 29.7. The van der Waals surface area contributed by atoms with E-state index in [0.717, 1.165) is 17.8 Å². The summed E-state index contributed by atoms with van der Waals surface area (Å²) in [4.78, 5) is 14.2. The molecule has 0 saturated carbocycles. The molecule has 4 nitrogen and oxygen atoms in total. The number of hydrogen-bond acceptors (Lipinski definition) is 2. The van der Waals surface area contributed by atoms with Crippen LogP contribution in [-0.2, 0) is 13.5 Å². The van der Waals surface area contributed by atoms with Crippen LogP contribution in [0.2, 0.25) is 0 Å². The van der Waals surface area contributed by atoms with Gasteiger partial charge in [0.1, 0.15) is 17.3 Å². The topological polar surface area (TPSA) is 38.1 Å². The minimum Gasteiger partial charge on any atom is -0.304 e. The van der Waals surface area contributed by atoms with Crippen molar-refractivity contribution < 1.29 is 13.6 Å². The van der Waals surface area contributed by atoms with Crippen molar-refractivity contribution in [3.05, 3.63) is 46.8 Å². The van der Waals surface area contributed by atoms with E-state index in [4.69, 9.17) is 0 Å². The molecule has 3 rings (SSSR count). The van der Waals surface area contributed by atoms with Crippen molar-refractivity contribution >= 4 is 11.6 Å². The highest BCUT2D eigenvalue weighted by molar-refractivity contribution is 6.05. The second-order valence-electron chi connectivity index (χ2n) is 6.15. The molecule has 0 unspecified atom stereocenters. The van der Waals surface area contributed by atoms with Gasteiger partial charge in [0.15, 0.2) is 0 Å². The smallest absolute Gasteiger partial charge is 0.276 e. The van der Waals surface area contributed by atoms with E-state index in [1.807, 2.05) is 13.8 Å². The first-order chi connectivity index (χ1) is 10.9. The Balaban J connectivity index is 2.04. The molecule has 0 fully saturated rings. The predicted molar refractivity (Wildman–Crippen MR) is 83.7 cm³/mol. The monoisotopic (exact) mass is 319 g/mol. The summed E-state index contributed by atoms with van der Waals surface area (Å²) in [7, 11) is 1.69. The average molecular weight is 319 g/mol. The van der Waals surface area contributed by atoms with Crippen molar-refractivity contribution in [3.63, 3.8) is 0 Å². The molecule has 2 aromatic rings. The lowest BCUT2D eigenvalue weighted by atomic mass is 10.00. The molecule has 1 aromatic heterocycles. The first kappa shape index (κ1) is 15.6. The summed E-state index contributed by atoms with van der Waals surface area (Å²) in [5.41, 5.74) is 1.52. The second kappa shape index (κ2) is 5.76. The van der Waals surface area contributed by atoms with Crippen LogP contribution in [0, 0.1) is 11.6 Å². The fraction of sp³-hybridized carbons (Fsp3) is 0.412. The van der Waals surface area contributed by atoms with E-state index in [1.165, 1.54) is 9.58 Å². The third-order valence-electron chi connectivity index (χ3n) is 4.21. The molecule has 0 saturated heterocycles. The summed E-state index contributed by atoms with van der Waals surface area (Å²) in [5, 5.41) is 4.32. The lowest BCUT2D eigenvalue weighted by Crippen LogP contribution is -2.37. The van der Waals surface area contributed by atoms with Crippen LogP contribution in [0.3, 0.4) is 0 Å². The molecule has 2 heterocycles. The number of benzene rings is 1. The van der Waals surface area contributed by atoms with E-state index in [-0.39, 0.29) is 23.1 Å². The van der Waals surface area contributed by atoms with Crippen LogP contribution in [0.1, 0.15) is 47.9 Å². The first-order valence-electron chi connectivity index (χ1n) is 7.72. The van der Waals surface area contributed by atoms with Crippen molar-refractivity contribution in [1.82, 2.24) is 9.78 Å². The van der Waals surface area contributed by atoms with E-state index in [1.54, 1.807) is 13.1 Å². The molecule has 1 aliphatic heterocycles. The maximum atomic E-state index is 14.2. The third kappa shape index (κ3) is 2.62. The van der Waals surface area contributed by atoms with Crippen molar-refractivity contribution in [1.29, 1.82) is 0 Å². The number of carbonyl (C=O) groups excluding carboxylic acids is 1. The molecule has 6 heteroatoms. The molecule has 0 atom stereocenters. The van der Waals surface area contributed by atoms with Crippen LogP contribution in [0.5, 0.6) is 0 Å². The van der Waals surface area contributed by atoms with Gasteiger partial charge < -0.3 is 4.90 Å². The van der Waals surface area contributed by atoms with Crippen LogP contribution in [-0.4, -0.2) is 22.2 Å². The summed E-state index contributed by atoms with van der Waals surface area (Å²) in [6.45, 7) is 4.35. The Bertz CT molecular complexity index is 767. The summed E-state index contributed by atoms with van der Waals surface area (Å²) in [6.07, 6.45) is 1.04. The van der Waals surface area contributed by atoms with Gasteiger partial charge in [-0.15, -0.1) is 0 Å². The average Bonchev–Trinajstić information content (AvgIpc) is 2.92. The Morgan fingerprint density at radius 2 is 1.96 bits per heavy atom. The Labute approximate surface area is 133 Å². The molecular formula is C17H19F2N3O. The van der Waals surface area contributed by atoms with Gasteiger partial charge in [-0.1, -0.05) is 13.8 Å². The zero-order valence-corrected chi connectivity index (χ0v) is 13.4. The fourth-order valence-electron chi connectivity index (χ4n) is 2.95. The van der Waals surface area contributed by atoms with Gasteiger partial charge in [0.05, 0.1) is 11.4 Å². The fourth-order valence-corrected chi connectivity index (χ4v) is 2.95. The molecule has 0 spiro atoms. The molecule has 0 aliphatic carbocycles. The Kier molecular flexibility index (Phi) is 3.92. The highest BCUT2D eigenvalue weighted by atomic mass is 19.1. The van der Waals surface area contributed by atoms with Gasteiger partial charge in [-0.05, 0) is 37.0 Å². The molecule has 0 N–H and O–H groups in total. The van der Waals surface area contributed by atoms with Gasteiger partial charge >= 0.3 is 0 Å². The van der Waals surface area contributed by atoms with E-state index in [0.29, 0.717) is 25.1 Å². The number of hydrogen-bond donors (Lipinski definition) is 0. The van der Waals surface area contributed by atoms with Crippen LogP contribution in [0.15, 0.2) is 18.2 Å². The Morgan fingerprint density at radius 1 is 1.26 bits per heavy atom. The van der Waals surface area contributed by atoms with Gasteiger partial charge in [-0.3, -0.25) is 9.48 Å². The van der Waals surface area contributed by atoms with Crippen LogP contribution in [0.4, 0.5) is 14.5 Å². The molecule has 0 bridgehead atoms. The number of amides is 1. The van der Waals surface area contributed by atoms with Crippen molar-refractivity contribution in [2.24, 2.45) is 7.05 Å². The molecule has 1 aliphatic rings. The highest BCUT2D eigenvalue weighted by Gasteiger charge is 2.30. The quantitative estimate of drug-likeness (QED) is 0.851. The van der Waals surface area contributed by atoms with E-state index >= 15 is 0 Å². The second-order valence-corrected chi connectivity index (χ2v) is 6.15. The maximum Gasteiger partial charge on any atom is 0.276 e. The number of rotatable bonds is 2. The van der Waals surface area contributed by atoms with E-state index < -0.39 is 11.6 Å². The minimum absolute atomic E-state index is 0.0635. The molecular weight excluding hydrogens is 300 g/mol. The summed E-state index contributed by atoms with van der Waals surface area (Å²) in [5.74, 6) is -1.20. The van der Waals surface area contributed by atoms with Gasteiger partial charge in [0, 0.05) is 19.2 Å². The minimum atomic E-state index is -0.569. The lowest BCUT2D eigenvalue weighted by Gasteiger charge is -2.30.